The highest BCUT2D eigenvalue weighted by Gasteiger charge is 2.50. The molecule has 3 N–H and O–H groups in total. The number of likely N-dealkylation sites (N-methyl/N-ethyl adjacent to an activating group) is 1. The van der Waals surface area contributed by atoms with Crippen molar-refractivity contribution in [1.82, 2.24) is 10.2 Å². The number of methoxy groups -OCH3 is 2. The van der Waals surface area contributed by atoms with Crippen molar-refractivity contribution in [2.24, 2.45) is 0 Å². The Morgan fingerprint density at radius 3 is 2.24 bits per heavy atom. The SMILES string of the molecule is COc1ccc([C@@]23CC[C@@H](NC(=O)Nc4ccc(Cl)cc4C(F)(F)F)C[C@@H]2N(C)CC3)cc1OC.O=C(O)C(F)(F)F. The Morgan fingerprint density at radius 2 is 1.67 bits per heavy atom. The molecule has 0 spiro atoms. The number of hydrogen-bond acceptors (Lipinski definition) is 5. The molecule has 0 bridgehead atoms. The van der Waals surface area contributed by atoms with Gasteiger partial charge in [0.15, 0.2) is 11.5 Å². The average Bonchev–Trinajstić information content (AvgIpc) is 3.25. The molecule has 1 saturated carbocycles. The van der Waals surface area contributed by atoms with Crippen molar-refractivity contribution < 1.29 is 50.5 Å². The van der Waals surface area contributed by atoms with Gasteiger partial charge in [-0.3, -0.25) is 0 Å². The number of fused-ring (bicyclic) bond motifs is 1. The Kier molecular flexibility index (Phi) is 10.1. The van der Waals surface area contributed by atoms with E-state index < -0.39 is 29.9 Å². The number of carboxylic acids is 1. The predicted octanol–water partition coefficient (Wildman–Crippen LogP) is 6.33. The molecule has 2 fully saturated rings. The minimum absolute atomic E-state index is 0.0497. The van der Waals surface area contributed by atoms with Crippen LogP contribution in [0, 0.1) is 0 Å². The van der Waals surface area contributed by atoms with Crippen LogP contribution in [0.2, 0.25) is 5.02 Å². The van der Waals surface area contributed by atoms with E-state index in [0.717, 1.165) is 25.5 Å². The van der Waals surface area contributed by atoms with Gasteiger partial charge in [0.1, 0.15) is 0 Å². The van der Waals surface area contributed by atoms with Gasteiger partial charge in [-0.05, 0) is 75.2 Å². The normalized spacial score (nSPS) is 22.3. The monoisotopic (exact) mass is 625 g/mol. The third-order valence-electron chi connectivity index (χ3n) is 7.60. The Morgan fingerprint density at radius 1 is 1.02 bits per heavy atom. The number of alkyl halides is 6. The van der Waals surface area contributed by atoms with Crippen LogP contribution in [0.1, 0.15) is 36.8 Å². The maximum atomic E-state index is 13.4. The van der Waals surface area contributed by atoms with E-state index in [0.29, 0.717) is 24.3 Å². The number of ether oxygens (including phenoxy) is 2. The first-order valence-corrected chi connectivity index (χ1v) is 13.1. The Hall–Kier alpha value is -3.39. The summed E-state index contributed by atoms with van der Waals surface area (Å²) in [4.78, 5) is 23.8. The molecule has 0 unspecified atom stereocenters. The van der Waals surface area contributed by atoms with Crippen molar-refractivity contribution in [3.63, 3.8) is 0 Å². The third kappa shape index (κ3) is 7.51. The number of anilines is 1. The van der Waals surface area contributed by atoms with Crippen molar-refractivity contribution in [2.75, 3.05) is 33.1 Å². The van der Waals surface area contributed by atoms with Gasteiger partial charge in [0, 0.05) is 22.5 Å². The van der Waals surface area contributed by atoms with E-state index in [1.54, 1.807) is 14.2 Å². The average molecular weight is 626 g/mol. The number of carbonyl (C=O) groups excluding carboxylic acids is 1. The van der Waals surface area contributed by atoms with Crippen LogP contribution in [0.25, 0.3) is 0 Å². The Labute approximate surface area is 242 Å². The highest BCUT2D eigenvalue weighted by atomic mass is 35.5. The molecule has 4 rings (SSSR count). The molecule has 1 heterocycles. The molecule has 0 radical (unpaired) electrons. The molecule has 2 aromatic carbocycles. The molecule has 3 atom stereocenters. The number of nitrogens with one attached hydrogen (secondary N) is 2. The summed E-state index contributed by atoms with van der Waals surface area (Å²) in [7, 11) is 5.28. The number of benzene rings is 2. The fraction of sp³-hybridized carbons (Fsp3) is 0.481. The minimum Gasteiger partial charge on any atom is -0.493 e. The largest absolute Gasteiger partial charge is 0.493 e. The molecular formula is C27H30ClF6N3O5. The Balaban J connectivity index is 0.000000616. The summed E-state index contributed by atoms with van der Waals surface area (Å²) in [6.45, 7) is 0.914. The van der Waals surface area contributed by atoms with Gasteiger partial charge in [0.2, 0.25) is 0 Å². The molecular weight excluding hydrogens is 596 g/mol. The molecule has 0 aromatic heterocycles. The number of rotatable bonds is 5. The highest BCUT2D eigenvalue weighted by molar-refractivity contribution is 6.30. The standard InChI is InChI=1S/C25H29ClF3N3O3.C2HF3O2/c1-32-11-10-24(15-4-7-20(34-2)21(12-15)35-3)9-8-17(14-22(24)32)30-23(33)31-19-6-5-16(26)13-18(19)25(27,28)29;3-2(4,5)1(6)7/h4-7,12-13,17,22H,8-11,14H2,1-3H3,(H2,30,31,33);(H,6,7)/t17-,22+,24+;/m1./s1. The van der Waals surface area contributed by atoms with Crippen LogP contribution in [0.5, 0.6) is 11.5 Å². The predicted molar refractivity (Wildman–Crippen MR) is 142 cm³/mol. The van der Waals surface area contributed by atoms with Crippen LogP contribution in [0.15, 0.2) is 36.4 Å². The lowest BCUT2D eigenvalue weighted by molar-refractivity contribution is -0.192. The molecule has 232 valence electrons. The van der Waals surface area contributed by atoms with Crippen LogP contribution in [0.4, 0.5) is 36.8 Å². The van der Waals surface area contributed by atoms with Gasteiger partial charge in [-0.15, -0.1) is 0 Å². The molecule has 2 amide bonds. The van der Waals surface area contributed by atoms with Crippen LogP contribution in [-0.4, -0.2) is 68.1 Å². The van der Waals surface area contributed by atoms with E-state index in [1.165, 1.54) is 17.7 Å². The smallest absolute Gasteiger partial charge is 0.490 e. The van der Waals surface area contributed by atoms with Crippen molar-refractivity contribution in [2.45, 2.75) is 55.5 Å². The second kappa shape index (κ2) is 12.9. The van der Waals surface area contributed by atoms with Crippen LogP contribution < -0.4 is 20.1 Å². The van der Waals surface area contributed by atoms with Gasteiger partial charge >= 0.3 is 24.4 Å². The zero-order chi connectivity index (χ0) is 31.5. The second-order valence-electron chi connectivity index (χ2n) is 10.0. The van der Waals surface area contributed by atoms with Crippen molar-refractivity contribution in [1.29, 1.82) is 0 Å². The first-order chi connectivity index (χ1) is 19.5. The van der Waals surface area contributed by atoms with Gasteiger partial charge < -0.3 is 30.1 Å². The number of likely N-dealkylation sites (tertiary alicyclic amines) is 1. The van der Waals surface area contributed by atoms with E-state index in [2.05, 4.69) is 28.6 Å². The number of urea groups is 1. The van der Waals surface area contributed by atoms with E-state index in [1.807, 2.05) is 12.1 Å². The molecule has 2 aliphatic rings. The lowest BCUT2D eigenvalue weighted by atomic mass is 9.65. The number of halogens is 7. The molecule has 1 saturated heterocycles. The molecule has 15 heteroatoms. The maximum absolute atomic E-state index is 13.4. The molecule has 1 aliphatic carbocycles. The quantitative estimate of drug-likeness (QED) is 0.336. The van der Waals surface area contributed by atoms with Crippen molar-refractivity contribution in [3.8, 4) is 11.5 Å². The number of hydrogen-bond donors (Lipinski definition) is 3. The summed E-state index contributed by atoms with van der Waals surface area (Å²) >= 11 is 5.73. The zero-order valence-electron chi connectivity index (χ0n) is 22.8. The second-order valence-corrected chi connectivity index (χ2v) is 10.5. The van der Waals surface area contributed by atoms with Gasteiger partial charge in [-0.25, -0.2) is 9.59 Å². The topological polar surface area (TPSA) is 100 Å². The summed E-state index contributed by atoms with van der Waals surface area (Å²) < 4.78 is 82.8. The summed E-state index contributed by atoms with van der Waals surface area (Å²) in [5, 5.41) is 12.3. The fourth-order valence-electron chi connectivity index (χ4n) is 5.60. The Bertz CT molecular complexity index is 1290. The van der Waals surface area contributed by atoms with Crippen LogP contribution in [0.3, 0.4) is 0 Å². The summed E-state index contributed by atoms with van der Waals surface area (Å²) in [5.74, 6) is -1.41. The van der Waals surface area contributed by atoms with Gasteiger partial charge in [-0.1, -0.05) is 17.7 Å². The fourth-order valence-corrected chi connectivity index (χ4v) is 5.77. The lowest BCUT2D eigenvalue weighted by Crippen LogP contribution is -2.52. The first kappa shape index (κ1) is 33.1. The molecule has 8 nitrogen and oxygen atoms in total. The minimum atomic E-state index is -5.08. The molecule has 2 aromatic rings. The van der Waals surface area contributed by atoms with Crippen LogP contribution >= 0.6 is 11.6 Å². The zero-order valence-corrected chi connectivity index (χ0v) is 23.6. The van der Waals surface area contributed by atoms with Crippen molar-refractivity contribution in [3.05, 3.63) is 52.5 Å². The lowest BCUT2D eigenvalue weighted by Gasteiger charge is -2.45. The summed E-state index contributed by atoms with van der Waals surface area (Å²) in [6.07, 6.45) is -6.52. The van der Waals surface area contributed by atoms with Gasteiger partial charge in [0.25, 0.3) is 0 Å². The molecule has 1 aliphatic heterocycles. The number of carbonyl (C=O) groups is 2. The number of aliphatic carboxylic acids is 1. The number of amides is 2. The van der Waals surface area contributed by atoms with Crippen molar-refractivity contribution >= 4 is 29.3 Å². The maximum Gasteiger partial charge on any atom is 0.490 e. The number of nitrogens with zero attached hydrogens (tertiary/aromatic N) is 1. The molecule has 42 heavy (non-hydrogen) atoms. The van der Waals surface area contributed by atoms with E-state index in [-0.39, 0.29) is 28.2 Å². The third-order valence-corrected chi connectivity index (χ3v) is 7.83. The number of carboxylic acid groups (broad SMARTS) is 1. The first-order valence-electron chi connectivity index (χ1n) is 12.7. The van der Waals surface area contributed by atoms with E-state index in [4.69, 9.17) is 31.0 Å². The van der Waals surface area contributed by atoms with Gasteiger partial charge in [-0.2, -0.15) is 26.3 Å². The summed E-state index contributed by atoms with van der Waals surface area (Å²) in [5.41, 5.74) is -0.231. The van der Waals surface area contributed by atoms with E-state index in [9.17, 15) is 31.1 Å². The highest BCUT2D eigenvalue weighted by Crippen LogP contribution is 2.50. The van der Waals surface area contributed by atoms with Crippen LogP contribution in [-0.2, 0) is 16.4 Å². The van der Waals surface area contributed by atoms with E-state index >= 15 is 0 Å². The summed E-state index contributed by atoms with van der Waals surface area (Å²) in [6, 6.07) is 8.65. The van der Waals surface area contributed by atoms with Gasteiger partial charge in [0.05, 0.1) is 25.5 Å².